The fraction of sp³-hybridized carbons (Fsp3) is 0.517. The first-order chi connectivity index (χ1) is 16.2. The third-order valence-corrected chi connectivity index (χ3v) is 7.59. The normalized spacial score (nSPS) is 15.7. The molecule has 0 unspecified atom stereocenters. The lowest BCUT2D eigenvalue weighted by Crippen LogP contribution is -2.48. The van der Waals surface area contributed by atoms with E-state index in [4.69, 9.17) is 10.7 Å². The number of amides is 2. The second-order valence-electron chi connectivity index (χ2n) is 10.9. The molecule has 182 valence electrons. The number of carbonyl (C=O) groups is 1. The minimum atomic E-state index is -0.380. The van der Waals surface area contributed by atoms with Crippen LogP contribution >= 0.6 is 0 Å². The highest BCUT2D eigenvalue weighted by molar-refractivity contribution is 5.93. The molecule has 0 spiro atoms. The van der Waals surface area contributed by atoms with E-state index in [1.54, 1.807) is 0 Å². The van der Waals surface area contributed by atoms with Gasteiger partial charge in [-0.1, -0.05) is 72.6 Å². The van der Waals surface area contributed by atoms with Crippen LogP contribution in [0.25, 0.3) is 11.0 Å². The summed E-state index contributed by atoms with van der Waals surface area (Å²) in [6, 6.07) is 10.2. The molecule has 0 saturated heterocycles. The quantitative estimate of drug-likeness (QED) is 0.403. The maximum Gasteiger partial charge on any atom is 0.319 e. The van der Waals surface area contributed by atoms with E-state index >= 15 is 0 Å². The summed E-state index contributed by atoms with van der Waals surface area (Å²) in [5.41, 5.74) is 11.6. The van der Waals surface area contributed by atoms with E-state index in [-0.39, 0.29) is 23.4 Å². The van der Waals surface area contributed by atoms with E-state index in [1.807, 2.05) is 17.2 Å². The summed E-state index contributed by atoms with van der Waals surface area (Å²) in [6.45, 7) is 13.8. The molecule has 1 aliphatic carbocycles. The molecule has 0 bridgehead atoms. The summed E-state index contributed by atoms with van der Waals surface area (Å²) in [5, 5.41) is 1.21. The lowest BCUT2D eigenvalue weighted by atomic mass is 9.90. The molecule has 1 aromatic carbocycles. The predicted molar refractivity (Wildman–Crippen MR) is 142 cm³/mol. The second-order valence-corrected chi connectivity index (χ2v) is 10.9. The van der Waals surface area contributed by atoms with Crippen LogP contribution in [-0.4, -0.2) is 22.1 Å². The summed E-state index contributed by atoms with van der Waals surface area (Å²) in [6.07, 6.45) is 8.47. The second kappa shape index (κ2) is 9.44. The third kappa shape index (κ3) is 4.21. The van der Waals surface area contributed by atoms with Crippen molar-refractivity contribution in [1.29, 1.82) is 0 Å². The molecule has 0 aliphatic heterocycles. The Morgan fingerprint density at radius 1 is 0.971 bits per heavy atom. The number of hydrogen-bond acceptors (Lipinski definition) is 2. The molecule has 1 fully saturated rings. The van der Waals surface area contributed by atoms with Gasteiger partial charge < -0.3 is 10.3 Å². The molecule has 2 heterocycles. The van der Waals surface area contributed by atoms with Crippen molar-refractivity contribution in [3.8, 4) is 0 Å². The number of aromatic nitrogens is 2. The molecule has 34 heavy (non-hydrogen) atoms. The van der Waals surface area contributed by atoms with Crippen molar-refractivity contribution >= 4 is 22.8 Å². The number of nitrogens with zero attached hydrogens (tertiary/aromatic N) is 3. The fourth-order valence-electron chi connectivity index (χ4n) is 5.80. The van der Waals surface area contributed by atoms with Gasteiger partial charge in [0.05, 0.1) is 17.8 Å². The van der Waals surface area contributed by atoms with Gasteiger partial charge in [0.2, 0.25) is 0 Å². The maximum absolute atomic E-state index is 13.1. The zero-order valence-electron chi connectivity index (χ0n) is 21.6. The summed E-state index contributed by atoms with van der Waals surface area (Å²) < 4.78 is 2.38. The van der Waals surface area contributed by atoms with Crippen molar-refractivity contribution in [2.75, 3.05) is 11.4 Å². The monoisotopic (exact) mass is 460 g/mol. The fourth-order valence-corrected chi connectivity index (χ4v) is 5.80. The number of benzene rings is 1. The molecule has 1 aliphatic rings. The Kier molecular flexibility index (Phi) is 6.75. The number of hydrogen-bond donors (Lipinski definition) is 1. The standard InChI is InChI=1S/C29H40N4O/c1-19(2)22-11-9-12-23(20(3)4)26(22)32(28(30)34)18-29(14-7-8-15-29)33-17-25(21(5)6)24-13-10-16-31-27(24)33/h9-13,16-17,19-21H,7-8,14-15,18H2,1-6H3,(H2,30,34). The molecule has 2 N–H and O–H groups in total. The molecule has 2 aromatic heterocycles. The molecule has 0 atom stereocenters. The van der Waals surface area contributed by atoms with E-state index < -0.39 is 0 Å². The molecular formula is C29H40N4O. The van der Waals surface area contributed by atoms with Gasteiger partial charge >= 0.3 is 6.03 Å². The number of fused-ring (bicyclic) bond motifs is 1. The SMILES string of the molecule is CC(C)c1cccc(C(C)C)c1N(CC1(n2cc(C(C)C)c3cccnc32)CCCC1)C(N)=O. The number of nitrogens with two attached hydrogens (primary N) is 1. The van der Waals surface area contributed by atoms with Crippen molar-refractivity contribution in [1.82, 2.24) is 9.55 Å². The Morgan fingerprint density at radius 3 is 2.09 bits per heavy atom. The number of rotatable bonds is 7. The van der Waals surface area contributed by atoms with Crippen LogP contribution in [0.3, 0.4) is 0 Å². The summed E-state index contributed by atoms with van der Waals surface area (Å²) >= 11 is 0. The summed E-state index contributed by atoms with van der Waals surface area (Å²) in [5.74, 6) is 0.973. The highest BCUT2D eigenvalue weighted by Crippen LogP contribution is 2.44. The Labute approximate surface area is 204 Å². The van der Waals surface area contributed by atoms with Crippen LogP contribution in [0.4, 0.5) is 10.5 Å². The smallest absolute Gasteiger partial charge is 0.319 e. The lowest BCUT2D eigenvalue weighted by molar-refractivity contribution is 0.245. The molecule has 0 radical (unpaired) electrons. The Morgan fingerprint density at radius 2 is 1.56 bits per heavy atom. The molecule has 5 heteroatoms. The zero-order valence-corrected chi connectivity index (χ0v) is 21.6. The van der Waals surface area contributed by atoms with Gasteiger partial charge in [-0.15, -0.1) is 0 Å². The van der Waals surface area contributed by atoms with Crippen LogP contribution in [-0.2, 0) is 5.54 Å². The van der Waals surface area contributed by atoms with Gasteiger partial charge in [0, 0.05) is 17.8 Å². The molecule has 1 saturated carbocycles. The van der Waals surface area contributed by atoms with Gasteiger partial charge in [-0.2, -0.15) is 0 Å². The van der Waals surface area contributed by atoms with Gasteiger partial charge in [0.25, 0.3) is 0 Å². The number of primary amides is 1. The third-order valence-electron chi connectivity index (χ3n) is 7.59. The Bertz CT molecular complexity index is 1140. The Hall–Kier alpha value is -2.82. The van der Waals surface area contributed by atoms with Crippen molar-refractivity contribution in [2.24, 2.45) is 5.73 Å². The van der Waals surface area contributed by atoms with E-state index in [0.717, 1.165) is 37.0 Å². The highest BCUT2D eigenvalue weighted by Gasteiger charge is 2.41. The average molecular weight is 461 g/mol. The Balaban J connectivity index is 1.90. The number of pyridine rings is 1. The minimum Gasteiger partial charge on any atom is -0.351 e. The van der Waals surface area contributed by atoms with E-state index in [1.165, 1.54) is 22.1 Å². The molecule has 4 rings (SSSR count). The van der Waals surface area contributed by atoms with Gasteiger partial charge in [0.1, 0.15) is 5.65 Å². The first-order valence-corrected chi connectivity index (χ1v) is 12.8. The van der Waals surface area contributed by atoms with Gasteiger partial charge in [-0.3, -0.25) is 4.90 Å². The minimum absolute atomic E-state index is 0.229. The number of para-hydroxylation sites is 1. The van der Waals surface area contributed by atoms with Crippen molar-refractivity contribution in [3.63, 3.8) is 0 Å². The van der Waals surface area contributed by atoms with Crippen LogP contribution in [0.15, 0.2) is 42.7 Å². The predicted octanol–water partition coefficient (Wildman–Crippen LogP) is 7.26. The first kappa shape index (κ1) is 24.3. The molecule has 3 aromatic rings. The van der Waals surface area contributed by atoms with Crippen LogP contribution in [0.2, 0.25) is 0 Å². The van der Waals surface area contributed by atoms with Gasteiger partial charge in [0.15, 0.2) is 0 Å². The zero-order chi connectivity index (χ0) is 24.6. The number of anilines is 1. The molecule has 5 nitrogen and oxygen atoms in total. The molecular weight excluding hydrogens is 420 g/mol. The lowest BCUT2D eigenvalue weighted by Gasteiger charge is -2.38. The van der Waals surface area contributed by atoms with Crippen molar-refractivity contribution in [3.05, 3.63) is 59.4 Å². The summed E-state index contributed by atoms with van der Waals surface area (Å²) in [4.78, 5) is 19.8. The van der Waals surface area contributed by atoms with Crippen LogP contribution in [0.1, 0.15) is 102 Å². The van der Waals surface area contributed by atoms with Crippen molar-refractivity contribution in [2.45, 2.75) is 90.5 Å². The van der Waals surface area contributed by atoms with E-state index in [9.17, 15) is 4.79 Å². The molecule has 2 amide bonds. The van der Waals surface area contributed by atoms with Gasteiger partial charge in [-0.05, 0) is 59.4 Å². The van der Waals surface area contributed by atoms with Crippen LogP contribution in [0, 0.1) is 0 Å². The van der Waals surface area contributed by atoms with Gasteiger partial charge in [-0.25, -0.2) is 9.78 Å². The number of carbonyl (C=O) groups excluding carboxylic acids is 1. The van der Waals surface area contributed by atoms with E-state index in [2.05, 4.69) is 76.6 Å². The van der Waals surface area contributed by atoms with Crippen LogP contribution in [0.5, 0.6) is 0 Å². The highest BCUT2D eigenvalue weighted by atomic mass is 16.2. The average Bonchev–Trinajstić information content (AvgIpc) is 3.42. The van der Waals surface area contributed by atoms with Crippen LogP contribution < -0.4 is 10.6 Å². The van der Waals surface area contributed by atoms with E-state index in [0.29, 0.717) is 12.5 Å². The first-order valence-electron chi connectivity index (χ1n) is 12.8. The summed E-state index contributed by atoms with van der Waals surface area (Å²) in [7, 11) is 0. The number of urea groups is 1. The topological polar surface area (TPSA) is 64.2 Å². The largest absolute Gasteiger partial charge is 0.351 e. The van der Waals surface area contributed by atoms with Crippen molar-refractivity contribution < 1.29 is 4.79 Å². The maximum atomic E-state index is 13.1.